The molecule has 18 heavy (non-hydrogen) atoms. The summed E-state index contributed by atoms with van der Waals surface area (Å²) in [6.07, 6.45) is 0.834. The van der Waals surface area contributed by atoms with Gasteiger partial charge in [-0.2, -0.15) is 0 Å². The second-order valence-corrected chi connectivity index (χ2v) is 4.67. The lowest BCUT2D eigenvalue weighted by molar-refractivity contribution is 0.0879. The molecule has 2 aromatic rings. The fourth-order valence-corrected chi connectivity index (χ4v) is 2.80. The lowest BCUT2D eigenvalue weighted by Crippen LogP contribution is -2.19. The van der Waals surface area contributed by atoms with E-state index in [2.05, 4.69) is 17.4 Å². The summed E-state index contributed by atoms with van der Waals surface area (Å²) in [6.45, 7) is 0. The second-order valence-electron chi connectivity index (χ2n) is 4.67. The van der Waals surface area contributed by atoms with Crippen molar-refractivity contribution in [2.75, 3.05) is 0 Å². The quantitative estimate of drug-likeness (QED) is 0.607. The van der Waals surface area contributed by atoms with E-state index in [1.54, 1.807) is 0 Å². The molecule has 1 heterocycles. The molecular formula is C15H9NO2. The molecule has 3 heteroatoms. The largest absolute Gasteiger partial charge is 0.288 e. The smallest absolute Gasteiger partial charge is 0.258 e. The molecule has 2 aliphatic rings. The van der Waals surface area contributed by atoms with Crippen LogP contribution >= 0.6 is 0 Å². The summed E-state index contributed by atoms with van der Waals surface area (Å²) < 4.78 is 0. The molecule has 4 rings (SSSR count). The van der Waals surface area contributed by atoms with Crippen molar-refractivity contribution in [3.05, 3.63) is 58.7 Å². The van der Waals surface area contributed by atoms with Crippen LogP contribution in [0, 0.1) is 0 Å². The number of imide groups is 1. The molecule has 0 saturated heterocycles. The molecule has 1 N–H and O–H groups in total. The maximum absolute atomic E-state index is 11.7. The van der Waals surface area contributed by atoms with Crippen LogP contribution in [-0.4, -0.2) is 11.8 Å². The Labute approximate surface area is 103 Å². The van der Waals surface area contributed by atoms with Crippen molar-refractivity contribution in [2.24, 2.45) is 0 Å². The van der Waals surface area contributed by atoms with Gasteiger partial charge in [0, 0.05) is 0 Å². The molecule has 0 atom stereocenters. The van der Waals surface area contributed by atoms with Gasteiger partial charge in [0.1, 0.15) is 0 Å². The van der Waals surface area contributed by atoms with Crippen LogP contribution in [0.5, 0.6) is 0 Å². The van der Waals surface area contributed by atoms with Gasteiger partial charge >= 0.3 is 0 Å². The van der Waals surface area contributed by atoms with Crippen LogP contribution in [0.3, 0.4) is 0 Å². The van der Waals surface area contributed by atoms with Crippen molar-refractivity contribution < 1.29 is 9.59 Å². The van der Waals surface area contributed by atoms with Crippen LogP contribution < -0.4 is 5.32 Å². The number of rotatable bonds is 0. The van der Waals surface area contributed by atoms with Crippen LogP contribution in [-0.2, 0) is 6.42 Å². The van der Waals surface area contributed by atoms with E-state index in [-0.39, 0.29) is 11.8 Å². The number of fused-ring (bicyclic) bond motifs is 4. The summed E-state index contributed by atoms with van der Waals surface area (Å²) in [5, 5.41) is 2.33. The maximum Gasteiger partial charge on any atom is 0.258 e. The van der Waals surface area contributed by atoms with Gasteiger partial charge in [0.05, 0.1) is 11.1 Å². The normalized spacial score (nSPS) is 15.1. The maximum atomic E-state index is 11.7. The average Bonchev–Trinajstić information content (AvgIpc) is 2.86. The minimum atomic E-state index is -0.290. The van der Waals surface area contributed by atoms with E-state index >= 15 is 0 Å². The minimum Gasteiger partial charge on any atom is -0.288 e. The van der Waals surface area contributed by atoms with Gasteiger partial charge < -0.3 is 0 Å². The van der Waals surface area contributed by atoms with Gasteiger partial charge in [-0.05, 0) is 40.8 Å². The summed E-state index contributed by atoms with van der Waals surface area (Å²) in [5.41, 5.74) is 5.63. The third-order valence-electron chi connectivity index (χ3n) is 3.65. The fraction of sp³-hybridized carbons (Fsp3) is 0.0667. The Kier molecular flexibility index (Phi) is 1.64. The third-order valence-corrected chi connectivity index (χ3v) is 3.65. The zero-order valence-corrected chi connectivity index (χ0v) is 9.49. The van der Waals surface area contributed by atoms with E-state index < -0.39 is 0 Å². The molecule has 0 fully saturated rings. The van der Waals surface area contributed by atoms with Crippen molar-refractivity contribution in [2.45, 2.75) is 6.42 Å². The molecule has 1 aliphatic carbocycles. The van der Waals surface area contributed by atoms with Crippen LogP contribution in [0.15, 0.2) is 36.4 Å². The van der Waals surface area contributed by atoms with Gasteiger partial charge in [-0.3, -0.25) is 14.9 Å². The Hall–Kier alpha value is -2.42. The molecule has 0 unspecified atom stereocenters. The molecule has 0 saturated carbocycles. The lowest BCUT2D eigenvalue weighted by atomic mass is 9.99. The summed E-state index contributed by atoms with van der Waals surface area (Å²) in [6, 6.07) is 11.8. The second kappa shape index (κ2) is 3.07. The number of hydrogen-bond donors (Lipinski definition) is 1. The predicted octanol–water partition coefficient (Wildman–Crippen LogP) is 2.14. The predicted molar refractivity (Wildman–Crippen MR) is 66.5 cm³/mol. The van der Waals surface area contributed by atoms with E-state index in [0.717, 1.165) is 17.5 Å². The number of amides is 2. The number of hydrogen-bond acceptors (Lipinski definition) is 2. The van der Waals surface area contributed by atoms with Gasteiger partial charge in [0.25, 0.3) is 11.8 Å². The van der Waals surface area contributed by atoms with Crippen LogP contribution in [0.1, 0.15) is 31.8 Å². The third kappa shape index (κ3) is 1.08. The summed E-state index contributed by atoms with van der Waals surface area (Å²) in [4.78, 5) is 23.3. The average molecular weight is 235 g/mol. The first-order valence-corrected chi connectivity index (χ1v) is 5.85. The van der Waals surface area contributed by atoms with Crippen LogP contribution in [0.25, 0.3) is 11.1 Å². The van der Waals surface area contributed by atoms with E-state index in [1.165, 1.54) is 11.1 Å². The zero-order valence-electron chi connectivity index (χ0n) is 9.49. The summed E-state index contributed by atoms with van der Waals surface area (Å²) in [5.74, 6) is -0.573. The zero-order chi connectivity index (χ0) is 12.3. The highest BCUT2D eigenvalue weighted by Gasteiger charge is 2.30. The molecule has 0 bridgehead atoms. The van der Waals surface area contributed by atoms with E-state index in [1.807, 2.05) is 24.3 Å². The molecule has 86 valence electrons. The van der Waals surface area contributed by atoms with Crippen LogP contribution in [0.2, 0.25) is 0 Å². The Morgan fingerprint density at radius 3 is 2.33 bits per heavy atom. The first-order chi connectivity index (χ1) is 8.74. The molecule has 2 amide bonds. The van der Waals surface area contributed by atoms with Crippen molar-refractivity contribution in [1.29, 1.82) is 0 Å². The standard InChI is InChI=1S/C15H9NO2/c17-14-12-6-9-5-8-3-1-2-4-10(8)11(9)7-13(12)15(18)16-14/h1-4,6-7H,5H2,(H,16,17,18). The highest BCUT2D eigenvalue weighted by molar-refractivity contribution is 6.22. The highest BCUT2D eigenvalue weighted by atomic mass is 16.2. The monoisotopic (exact) mass is 235 g/mol. The molecule has 3 nitrogen and oxygen atoms in total. The SMILES string of the molecule is O=C1NC(=O)c2cc3c(cc21)Cc1ccccc1-3. The van der Waals surface area contributed by atoms with E-state index in [4.69, 9.17) is 0 Å². The molecule has 0 spiro atoms. The van der Waals surface area contributed by atoms with Gasteiger partial charge in [0.2, 0.25) is 0 Å². The van der Waals surface area contributed by atoms with E-state index in [9.17, 15) is 9.59 Å². The first kappa shape index (κ1) is 9.59. The summed E-state index contributed by atoms with van der Waals surface area (Å²) in [7, 11) is 0. The number of carbonyl (C=O) groups is 2. The number of benzene rings is 2. The summed E-state index contributed by atoms with van der Waals surface area (Å²) >= 11 is 0. The minimum absolute atomic E-state index is 0.284. The lowest BCUT2D eigenvalue weighted by Gasteiger charge is -2.02. The number of nitrogens with one attached hydrogen (secondary N) is 1. The highest BCUT2D eigenvalue weighted by Crippen LogP contribution is 2.38. The Morgan fingerprint density at radius 1 is 0.778 bits per heavy atom. The Balaban J connectivity index is 2.01. The molecular weight excluding hydrogens is 226 g/mol. The topological polar surface area (TPSA) is 46.2 Å². The first-order valence-electron chi connectivity index (χ1n) is 5.85. The molecule has 1 aliphatic heterocycles. The molecule has 2 aromatic carbocycles. The Bertz CT molecular complexity index is 731. The molecule has 0 radical (unpaired) electrons. The van der Waals surface area contributed by atoms with Crippen molar-refractivity contribution >= 4 is 11.8 Å². The number of carbonyl (C=O) groups excluding carboxylic acids is 2. The van der Waals surface area contributed by atoms with Crippen LogP contribution in [0.4, 0.5) is 0 Å². The molecule has 0 aromatic heterocycles. The van der Waals surface area contributed by atoms with Crippen molar-refractivity contribution in [3.8, 4) is 11.1 Å². The Morgan fingerprint density at radius 2 is 1.50 bits per heavy atom. The van der Waals surface area contributed by atoms with Gasteiger partial charge in [-0.25, -0.2) is 0 Å². The van der Waals surface area contributed by atoms with Crippen molar-refractivity contribution in [1.82, 2.24) is 5.32 Å². The van der Waals surface area contributed by atoms with Gasteiger partial charge in [-0.15, -0.1) is 0 Å². The van der Waals surface area contributed by atoms with Gasteiger partial charge in [-0.1, -0.05) is 24.3 Å². The van der Waals surface area contributed by atoms with Crippen molar-refractivity contribution in [3.63, 3.8) is 0 Å². The fourth-order valence-electron chi connectivity index (χ4n) is 2.80. The van der Waals surface area contributed by atoms with E-state index in [0.29, 0.717) is 11.1 Å². The van der Waals surface area contributed by atoms with Gasteiger partial charge in [0.15, 0.2) is 0 Å².